The summed E-state index contributed by atoms with van der Waals surface area (Å²) >= 11 is 0. The molecule has 1 N–H and O–H groups in total. The van der Waals surface area contributed by atoms with E-state index in [0.29, 0.717) is 34.8 Å². The number of hydrogen-bond acceptors (Lipinski definition) is 7. The van der Waals surface area contributed by atoms with Crippen molar-refractivity contribution < 1.29 is 59.7 Å². The minimum Gasteiger partial charge on any atom is -0.872 e. The van der Waals surface area contributed by atoms with E-state index in [1.165, 1.54) is 33.4 Å². The first kappa shape index (κ1) is 63.4. The molecule has 0 aliphatic rings. The Bertz CT molecular complexity index is 2000. The summed E-state index contributed by atoms with van der Waals surface area (Å²) in [5, 5.41) is 35.4. The van der Waals surface area contributed by atoms with E-state index in [2.05, 4.69) is 187 Å². The molecule has 0 spiro atoms. The number of aliphatic carboxylic acids is 1. The van der Waals surface area contributed by atoms with Crippen molar-refractivity contribution in [3.05, 3.63) is 116 Å². The van der Waals surface area contributed by atoms with Crippen LogP contribution < -0.4 is 15.3 Å². The third-order valence-corrected chi connectivity index (χ3v) is 10.9. The predicted molar refractivity (Wildman–Crippen MR) is 263 cm³/mol. The molecule has 366 valence electrons. The summed E-state index contributed by atoms with van der Waals surface area (Å²) in [5.41, 5.74) is 11.8. The fourth-order valence-electron chi connectivity index (χ4n) is 7.06. The number of nitrogens with zero attached hydrogens (tertiary/aromatic N) is 2. The predicted octanol–water partition coefficient (Wildman–Crippen LogP) is 13.3. The number of hydrogen-bond donors (Lipinski definition) is 0. The first-order valence-corrected chi connectivity index (χ1v) is 22.4. The molecule has 0 aliphatic carbocycles. The van der Waals surface area contributed by atoms with Gasteiger partial charge in [-0.15, -0.1) is 0 Å². The molecule has 2 radical (unpaired) electrons. The van der Waals surface area contributed by atoms with Crippen LogP contribution in [0.3, 0.4) is 0 Å². The van der Waals surface area contributed by atoms with Crippen molar-refractivity contribution >= 4 is 29.8 Å². The van der Waals surface area contributed by atoms with Crippen LogP contribution >= 0.6 is 0 Å². The molecule has 9 heteroatoms. The summed E-state index contributed by atoms with van der Waals surface area (Å²) in [6.45, 7) is 44.2. The van der Waals surface area contributed by atoms with Gasteiger partial charge in [0.05, 0.1) is 11.4 Å². The Balaban J connectivity index is 0. The van der Waals surface area contributed by atoms with Gasteiger partial charge in [0, 0.05) is 18.4 Å². The zero-order valence-electron chi connectivity index (χ0n) is 43.3. The zero-order chi connectivity index (χ0) is 47.9. The third-order valence-electron chi connectivity index (χ3n) is 10.9. The second-order valence-corrected chi connectivity index (χ2v) is 22.1. The Morgan fingerprint density at radius 3 is 0.908 bits per heavy atom. The van der Waals surface area contributed by atoms with Gasteiger partial charge >= 0.3 is 34.1 Å². The minimum atomic E-state index is -1.08. The molecule has 0 saturated heterocycles. The molecule has 4 aromatic carbocycles. The molecule has 0 saturated carbocycles. The van der Waals surface area contributed by atoms with E-state index in [-0.39, 0.29) is 72.8 Å². The molecule has 0 aromatic heterocycles. The van der Waals surface area contributed by atoms with Crippen molar-refractivity contribution in [2.45, 2.75) is 191 Å². The van der Waals surface area contributed by atoms with E-state index in [1.807, 2.05) is 12.1 Å². The number of aliphatic imine (C=N–C) groups is 2. The molecular weight excluding hydrogens is 908 g/mol. The van der Waals surface area contributed by atoms with E-state index in [0.717, 1.165) is 29.4 Å². The smallest absolute Gasteiger partial charge is 0.872 e. The molecule has 0 heterocycles. The Morgan fingerprint density at radius 2 is 0.723 bits per heavy atom. The Kier molecular flexibility index (Phi) is 24.8. The normalized spacial score (nSPS) is 12.1. The van der Waals surface area contributed by atoms with Gasteiger partial charge < -0.3 is 25.6 Å². The van der Waals surface area contributed by atoms with Crippen LogP contribution in [0.25, 0.3) is 0 Å². The molecule has 4 rings (SSSR count). The molecule has 0 aliphatic heterocycles. The zero-order valence-corrected chi connectivity index (χ0v) is 45.2. The summed E-state index contributed by atoms with van der Waals surface area (Å²) in [6.07, 6.45) is 3.58. The van der Waals surface area contributed by atoms with Gasteiger partial charge in [0.25, 0.3) is 0 Å². The molecule has 0 unspecified atom stereocenters. The average molecular weight is 988 g/mol. The van der Waals surface area contributed by atoms with Gasteiger partial charge in [-0.05, 0) is 108 Å². The van der Waals surface area contributed by atoms with E-state index < -0.39 is 5.97 Å². The van der Waals surface area contributed by atoms with Crippen LogP contribution in [0.2, 0.25) is 0 Å². The van der Waals surface area contributed by atoms with E-state index in [9.17, 15) is 10.2 Å². The number of carbonyl (C=O) groups is 1. The number of rotatable bonds is 8. The molecule has 7 nitrogen and oxygen atoms in total. The van der Waals surface area contributed by atoms with E-state index >= 15 is 0 Å². The number of carbonyl (C=O) groups excluding carboxylic acids is 1. The first-order chi connectivity index (χ1) is 28.2. The van der Waals surface area contributed by atoms with Crippen molar-refractivity contribution in [1.29, 1.82) is 0 Å². The fourth-order valence-corrected chi connectivity index (χ4v) is 7.06. The maximum absolute atomic E-state index is 13.3. The molecular formula is C56H80Cu2N2O5. The summed E-state index contributed by atoms with van der Waals surface area (Å²) in [4.78, 5) is 18.7. The van der Waals surface area contributed by atoms with Gasteiger partial charge in [-0.3, -0.25) is 9.98 Å². The molecule has 0 atom stereocenters. The molecule has 65 heavy (non-hydrogen) atoms. The maximum atomic E-state index is 13.3. The largest absolute Gasteiger partial charge is 2.00 e. The quantitative estimate of drug-likeness (QED) is 0.128. The van der Waals surface area contributed by atoms with Crippen molar-refractivity contribution in [3.63, 3.8) is 0 Å². The second kappa shape index (κ2) is 25.4. The first-order valence-electron chi connectivity index (χ1n) is 22.4. The molecule has 0 bridgehead atoms. The Morgan fingerprint density at radius 1 is 0.492 bits per heavy atom. The van der Waals surface area contributed by atoms with Crippen LogP contribution in [-0.4, -0.2) is 23.9 Å². The van der Waals surface area contributed by atoms with Crippen molar-refractivity contribution in [2.75, 3.05) is 0 Å². The van der Waals surface area contributed by atoms with Crippen LogP contribution in [0, 0.1) is 0 Å². The molecule has 4 aromatic rings. The number of para-hydroxylation sites is 2. The van der Waals surface area contributed by atoms with Crippen LogP contribution in [-0.2, 0) is 60.6 Å². The fraction of sp³-hybridized carbons (Fsp3) is 0.518. The maximum Gasteiger partial charge on any atom is 2.00 e. The minimum absolute atomic E-state index is 0. The van der Waals surface area contributed by atoms with Crippen LogP contribution in [0.15, 0.2) is 70.6 Å². The summed E-state index contributed by atoms with van der Waals surface area (Å²) in [5.74, 6) is 0.583. The van der Waals surface area contributed by atoms with Crippen molar-refractivity contribution in [2.24, 2.45) is 9.98 Å². The summed E-state index contributed by atoms with van der Waals surface area (Å²) in [6, 6.07) is 21.0. The second-order valence-electron chi connectivity index (χ2n) is 22.1. The third kappa shape index (κ3) is 18.1. The van der Waals surface area contributed by atoms with Crippen molar-refractivity contribution in [3.8, 4) is 11.5 Å². The number of carboxylic acid groups (broad SMARTS) is 1. The molecule has 0 amide bonds. The number of carboxylic acids is 1. The van der Waals surface area contributed by atoms with E-state index in [4.69, 9.17) is 19.9 Å². The van der Waals surface area contributed by atoms with Gasteiger partial charge in [-0.2, -0.15) is 0 Å². The van der Waals surface area contributed by atoms with Crippen LogP contribution in [0.5, 0.6) is 11.5 Å². The Hall–Kier alpha value is -3.71. The van der Waals surface area contributed by atoms with Gasteiger partial charge in [-0.1, -0.05) is 211 Å². The van der Waals surface area contributed by atoms with E-state index in [1.54, 1.807) is 12.4 Å². The number of benzene rings is 4. The Labute approximate surface area is 415 Å². The van der Waals surface area contributed by atoms with Crippen LogP contribution in [0.1, 0.15) is 225 Å². The van der Waals surface area contributed by atoms with Gasteiger partial charge in [0.2, 0.25) is 0 Å². The standard InChI is InChI=1S/2C27H39NO.C2H4O2.2Cu.H2O/c2*1-17(2)21-12-11-13-22(18(3)4)24(21)28-16-19-14-20(26(5,6)7)15-23(25(19)29)27(8,9)10;1-2(3)4;;;/h2*11-18,29H,1-10H3;1H3,(H,3,4);;;1H2/q;;;2*+2;/p-4. The van der Waals surface area contributed by atoms with Crippen molar-refractivity contribution in [1.82, 2.24) is 0 Å². The average Bonchev–Trinajstić information content (AvgIpc) is 3.11. The SMILES string of the molecule is CC(=O)[O-].CC(C)c1cccc(C(C)C)c1N=Cc1cc(C(C)(C)C)cc(C(C)(C)C)c1[O-].CC(C)c1cccc(C(C)C)c1N=Cc1cc(C(C)(C)C)cc(C(C)(C)C)c1[O-].[Cu+2].[Cu+2].[OH-]. The van der Waals surface area contributed by atoms with Crippen LogP contribution in [0.4, 0.5) is 11.4 Å². The summed E-state index contributed by atoms with van der Waals surface area (Å²) in [7, 11) is 0. The summed E-state index contributed by atoms with van der Waals surface area (Å²) < 4.78 is 0. The topological polar surface area (TPSA) is 141 Å². The molecule has 0 fully saturated rings. The monoisotopic (exact) mass is 986 g/mol. The van der Waals surface area contributed by atoms with Gasteiger partial charge in [0.15, 0.2) is 0 Å². The van der Waals surface area contributed by atoms with Gasteiger partial charge in [0.1, 0.15) is 0 Å². The van der Waals surface area contributed by atoms with Gasteiger partial charge in [-0.25, -0.2) is 0 Å².